The van der Waals surface area contributed by atoms with Crippen molar-refractivity contribution in [2.24, 2.45) is 0 Å². The van der Waals surface area contributed by atoms with Gasteiger partial charge in [-0.2, -0.15) is 0 Å². The first-order valence-electron chi connectivity index (χ1n) is 5.67. The Kier molecular flexibility index (Phi) is 3.61. The number of allylic oxidation sites excluding steroid dienone is 1. The van der Waals surface area contributed by atoms with Crippen molar-refractivity contribution in [3.05, 3.63) is 65.7 Å². The summed E-state index contributed by atoms with van der Waals surface area (Å²) in [5.74, 6) is 0.888. The van der Waals surface area contributed by atoms with Gasteiger partial charge in [0.05, 0.1) is 7.11 Å². The molecule has 0 heterocycles. The van der Waals surface area contributed by atoms with Crippen LogP contribution in [0.2, 0.25) is 0 Å². The van der Waals surface area contributed by atoms with Gasteiger partial charge >= 0.3 is 0 Å². The topological polar surface area (TPSA) is 9.23 Å². The average Bonchev–Trinajstić information content (AvgIpc) is 2.40. The molecule has 2 rings (SSSR count). The van der Waals surface area contributed by atoms with Gasteiger partial charge in [0.15, 0.2) is 0 Å². The van der Waals surface area contributed by atoms with Crippen molar-refractivity contribution in [3.63, 3.8) is 0 Å². The molecule has 2 aromatic rings. The molecule has 0 aliphatic heterocycles. The second kappa shape index (κ2) is 5.35. The van der Waals surface area contributed by atoms with E-state index in [2.05, 4.69) is 49.4 Å². The third-order valence-corrected chi connectivity index (χ3v) is 2.73. The van der Waals surface area contributed by atoms with Gasteiger partial charge in [-0.05, 0) is 35.8 Å². The fourth-order valence-corrected chi connectivity index (χ4v) is 1.73. The SMILES string of the molecule is COc1ccc(/C=C(/C)c2ccccc2)cc1. The van der Waals surface area contributed by atoms with E-state index >= 15 is 0 Å². The summed E-state index contributed by atoms with van der Waals surface area (Å²) in [5, 5.41) is 0. The zero-order valence-electron chi connectivity index (χ0n) is 10.2. The van der Waals surface area contributed by atoms with E-state index < -0.39 is 0 Å². The van der Waals surface area contributed by atoms with Crippen molar-refractivity contribution in [1.82, 2.24) is 0 Å². The van der Waals surface area contributed by atoms with E-state index in [4.69, 9.17) is 4.74 Å². The lowest BCUT2D eigenvalue weighted by Crippen LogP contribution is -1.82. The summed E-state index contributed by atoms with van der Waals surface area (Å²) in [5.41, 5.74) is 3.70. The summed E-state index contributed by atoms with van der Waals surface area (Å²) in [6, 6.07) is 18.5. The highest BCUT2D eigenvalue weighted by Gasteiger charge is 1.95. The molecule has 0 aromatic heterocycles. The molecule has 0 saturated heterocycles. The van der Waals surface area contributed by atoms with E-state index in [0.717, 1.165) is 5.75 Å². The Labute approximate surface area is 102 Å². The van der Waals surface area contributed by atoms with Crippen LogP contribution >= 0.6 is 0 Å². The molecule has 0 aliphatic carbocycles. The molecule has 86 valence electrons. The third kappa shape index (κ3) is 2.97. The van der Waals surface area contributed by atoms with Gasteiger partial charge in [0.1, 0.15) is 5.75 Å². The van der Waals surface area contributed by atoms with Crippen LogP contribution < -0.4 is 4.74 Å². The average molecular weight is 224 g/mol. The number of benzene rings is 2. The molecule has 2 aromatic carbocycles. The lowest BCUT2D eigenvalue weighted by atomic mass is 10.0. The smallest absolute Gasteiger partial charge is 0.118 e. The van der Waals surface area contributed by atoms with Gasteiger partial charge in [0.25, 0.3) is 0 Å². The third-order valence-electron chi connectivity index (χ3n) is 2.73. The highest BCUT2D eigenvalue weighted by molar-refractivity contribution is 5.80. The summed E-state index contributed by atoms with van der Waals surface area (Å²) < 4.78 is 5.14. The molecule has 1 heteroatoms. The van der Waals surface area contributed by atoms with E-state index in [-0.39, 0.29) is 0 Å². The Morgan fingerprint density at radius 2 is 1.59 bits per heavy atom. The number of hydrogen-bond donors (Lipinski definition) is 0. The monoisotopic (exact) mass is 224 g/mol. The van der Waals surface area contributed by atoms with Gasteiger partial charge in [0.2, 0.25) is 0 Å². The molecule has 0 radical (unpaired) electrons. The second-order valence-electron chi connectivity index (χ2n) is 3.97. The Bertz CT molecular complexity index is 495. The maximum absolute atomic E-state index is 5.14. The molecule has 0 spiro atoms. The minimum atomic E-state index is 0.888. The maximum atomic E-state index is 5.14. The van der Waals surface area contributed by atoms with Crippen LogP contribution in [0.4, 0.5) is 0 Å². The van der Waals surface area contributed by atoms with Crippen LogP contribution in [0.3, 0.4) is 0 Å². The molecule has 0 amide bonds. The number of methoxy groups -OCH3 is 1. The Morgan fingerprint density at radius 1 is 0.941 bits per heavy atom. The molecule has 1 nitrogen and oxygen atoms in total. The van der Waals surface area contributed by atoms with E-state index in [1.165, 1.54) is 16.7 Å². The van der Waals surface area contributed by atoms with Gasteiger partial charge in [0, 0.05) is 0 Å². The Hall–Kier alpha value is -2.02. The summed E-state index contributed by atoms with van der Waals surface area (Å²) in [7, 11) is 1.68. The van der Waals surface area contributed by atoms with Crippen LogP contribution in [0.5, 0.6) is 5.75 Å². The van der Waals surface area contributed by atoms with Gasteiger partial charge in [-0.1, -0.05) is 48.5 Å². The molecule has 0 N–H and O–H groups in total. The zero-order chi connectivity index (χ0) is 12.1. The predicted molar refractivity (Wildman–Crippen MR) is 73.0 cm³/mol. The van der Waals surface area contributed by atoms with E-state index in [0.29, 0.717) is 0 Å². The van der Waals surface area contributed by atoms with Crippen molar-refractivity contribution in [2.45, 2.75) is 6.92 Å². The lowest BCUT2D eigenvalue weighted by Gasteiger charge is -2.03. The molecule has 0 aliphatic rings. The van der Waals surface area contributed by atoms with Gasteiger partial charge < -0.3 is 4.74 Å². The van der Waals surface area contributed by atoms with Gasteiger partial charge in [-0.15, -0.1) is 0 Å². The molecular formula is C16H16O. The lowest BCUT2D eigenvalue weighted by molar-refractivity contribution is 0.415. The van der Waals surface area contributed by atoms with Gasteiger partial charge in [-0.3, -0.25) is 0 Å². The van der Waals surface area contributed by atoms with Crippen LogP contribution in [0.25, 0.3) is 11.6 Å². The standard InChI is InChI=1S/C16H16O/c1-13(15-6-4-3-5-7-15)12-14-8-10-16(17-2)11-9-14/h3-12H,1-2H3/b13-12-. The van der Waals surface area contributed by atoms with Crippen molar-refractivity contribution >= 4 is 11.6 Å². The molecule has 17 heavy (non-hydrogen) atoms. The number of rotatable bonds is 3. The minimum Gasteiger partial charge on any atom is -0.497 e. The molecule has 0 saturated carbocycles. The zero-order valence-corrected chi connectivity index (χ0v) is 10.2. The highest BCUT2D eigenvalue weighted by Crippen LogP contribution is 2.19. The highest BCUT2D eigenvalue weighted by atomic mass is 16.5. The fourth-order valence-electron chi connectivity index (χ4n) is 1.73. The largest absolute Gasteiger partial charge is 0.497 e. The van der Waals surface area contributed by atoms with Crippen LogP contribution in [0, 0.1) is 0 Å². The first kappa shape index (κ1) is 11.5. The predicted octanol–water partition coefficient (Wildman–Crippen LogP) is 4.26. The summed E-state index contributed by atoms with van der Waals surface area (Å²) in [6.45, 7) is 2.12. The van der Waals surface area contributed by atoms with Crippen molar-refractivity contribution < 1.29 is 4.74 Å². The van der Waals surface area contributed by atoms with Gasteiger partial charge in [-0.25, -0.2) is 0 Å². The number of hydrogen-bond acceptors (Lipinski definition) is 1. The first-order valence-corrected chi connectivity index (χ1v) is 5.67. The maximum Gasteiger partial charge on any atom is 0.118 e. The minimum absolute atomic E-state index is 0.888. The van der Waals surface area contributed by atoms with Crippen molar-refractivity contribution in [2.75, 3.05) is 7.11 Å². The van der Waals surface area contributed by atoms with Crippen molar-refractivity contribution in [1.29, 1.82) is 0 Å². The molecule has 0 unspecified atom stereocenters. The Balaban J connectivity index is 2.23. The summed E-state index contributed by atoms with van der Waals surface area (Å²) in [4.78, 5) is 0. The first-order chi connectivity index (χ1) is 8.29. The number of ether oxygens (including phenoxy) is 1. The quantitative estimate of drug-likeness (QED) is 0.708. The van der Waals surface area contributed by atoms with Crippen LogP contribution in [-0.2, 0) is 0 Å². The van der Waals surface area contributed by atoms with Crippen LogP contribution in [0.1, 0.15) is 18.1 Å². The van der Waals surface area contributed by atoms with E-state index in [1.807, 2.05) is 18.2 Å². The van der Waals surface area contributed by atoms with Crippen LogP contribution in [0.15, 0.2) is 54.6 Å². The normalized spacial score (nSPS) is 11.3. The molecule has 0 bridgehead atoms. The second-order valence-corrected chi connectivity index (χ2v) is 3.97. The molecule has 0 atom stereocenters. The van der Waals surface area contributed by atoms with E-state index in [9.17, 15) is 0 Å². The summed E-state index contributed by atoms with van der Waals surface area (Å²) >= 11 is 0. The van der Waals surface area contributed by atoms with E-state index in [1.54, 1.807) is 7.11 Å². The van der Waals surface area contributed by atoms with Crippen LogP contribution in [-0.4, -0.2) is 7.11 Å². The fraction of sp³-hybridized carbons (Fsp3) is 0.125. The Morgan fingerprint density at radius 3 is 2.18 bits per heavy atom. The molecule has 0 fully saturated rings. The van der Waals surface area contributed by atoms with Crippen molar-refractivity contribution in [3.8, 4) is 5.75 Å². The summed E-state index contributed by atoms with van der Waals surface area (Å²) in [6.07, 6.45) is 2.18. The molecular weight excluding hydrogens is 208 g/mol.